The van der Waals surface area contributed by atoms with Crippen LogP contribution in [0.1, 0.15) is 24.0 Å². The fourth-order valence-corrected chi connectivity index (χ4v) is 2.06. The second-order valence-electron chi connectivity index (χ2n) is 4.22. The molecule has 2 N–H and O–H groups in total. The number of nitriles is 2. The number of aryl methyl sites for hydroxylation is 1. The van der Waals surface area contributed by atoms with Gasteiger partial charge in [0.1, 0.15) is 17.9 Å². The minimum absolute atomic E-state index is 0.0612. The molecule has 19 heavy (non-hydrogen) atoms. The maximum absolute atomic E-state index is 9.20. The van der Waals surface area contributed by atoms with Crippen LogP contribution < -0.4 is 5.73 Å². The minimum Gasteiger partial charge on any atom is -0.447 e. The summed E-state index contributed by atoms with van der Waals surface area (Å²) in [5, 5.41) is 18.4. The summed E-state index contributed by atoms with van der Waals surface area (Å²) < 4.78 is 5.03. The zero-order chi connectivity index (χ0) is 13.8. The van der Waals surface area contributed by atoms with Crippen LogP contribution in [0.5, 0.6) is 0 Å². The van der Waals surface area contributed by atoms with E-state index in [-0.39, 0.29) is 11.5 Å². The van der Waals surface area contributed by atoms with E-state index in [9.17, 15) is 5.26 Å². The molecule has 0 aliphatic carbocycles. The van der Waals surface area contributed by atoms with Crippen molar-refractivity contribution in [2.75, 3.05) is 0 Å². The summed E-state index contributed by atoms with van der Waals surface area (Å²) >= 11 is 0. The first-order chi connectivity index (χ1) is 9.21. The fourth-order valence-electron chi connectivity index (χ4n) is 2.06. The molecule has 2 rings (SSSR count). The van der Waals surface area contributed by atoms with E-state index in [2.05, 4.69) is 13.0 Å². The van der Waals surface area contributed by atoms with Crippen molar-refractivity contribution in [3.63, 3.8) is 0 Å². The highest BCUT2D eigenvalue weighted by Crippen LogP contribution is 2.35. The molecule has 0 amide bonds. The predicted molar refractivity (Wildman–Crippen MR) is 70.2 cm³/mol. The molecule has 0 spiro atoms. The Kier molecular flexibility index (Phi) is 3.54. The van der Waals surface area contributed by atoms with Gasteiger partial charge in [0, 0.05) is 0 Å². The third-order valence-corrected chi connectivity index (χ3v) is 3.15. The molecule has 1 atom stereocenters. The average Bonchev–Trinajstić information content (AvgIpc) is 2.47. The van der Waals surface area contributed by atoms with E-state index < -0.39 is 5.92 Å². The summed E-state index contributed by atoms with van der Waals surface area (Å²) in [4.78, 5) is 0. The standard InChI is InChI=1S/C15H13N3O/c1-2-10-3-5-11(6-4-10)14-12(7-16)9-19-15(18)13(14)8-17/h3-6,9,14H,2,18H2,1H3. The smallest absolute Gasteiger partial charge is 0.204 e. The first-order valence-corrected chi connectivity index (χ1v) is 5.96. The molecule has 1 aliphatic rings. The van der Waals surface area contributed by atoms with Gasteiger partial charge in [0.15, 0.2) is 0 Å². The van der Waals surface area contributed by atoms with E-state index in [1.807, 2.05) is 30.3 Å². The molecule has 4 heteroatoms. The van der Waals surface area contributed by atoms with Crippen LogP contribution in [0.25, 0.3) is 0 Å². The molecule has 1 aromatic carbocycles. The molecule has 0 radical (unpaired) electrons. The second-order valence-corrected chi connectivity index (χ2v) is 4.22. The molecular weight excluding hydrogens is 238 g/mol. The van der Waals surface area contributed by atoms with Crippen LogP contribution >= 0.6 is 0 Å². The Bertz CT molecular complexity index is 627. The second kappa shape index (κ2) is 5.29. The van der Waals surface area contributed by atoms with Gasteiger partial charge in [0.25, 0.3) is 0 Å². The number of nitrogens with zero attached hydrogens (tertiary/aromatic N) is 2. The van der Waals surface area contributed by atoms with E-state index in [1.54, 1.807) is 0 Å². The van der Waals surface area contributed by atoms with Crippen molar-refractivity contribution in [3.05, 3.63) is 58.7 Å². The van der Waals surface area contributed by atoms with E-state index in [1.165, 1.54) is 11.8 Å². The Balaban J connectivity index is 2.49. The Morgan fingerprint density at radius 2 is 1.89 bits per heavy atom. The molecule has 1 heterocycles. The third-order valence-electron chi connectivity index (χ3n) is 3.15. The normalized spacial score (nSPS) is 18.1. The summed E-state index contributed by atoms with van der Waals surface area (Å²) in [7, 11) is 0. The van der Waals surface area contributed by atoms with Gasteiger partial charge in [-0.2, -0.15) is 10.5 Å². The number of rotatable bonds is 2. The number of allylic oxidation sites excluding steroid dienone is 2. The zero-order valence-corrected chi connectivity index (χ0v) is 10.6. The first kappa shape index (κ1) is 12.7. The lowest BCUT2D eigenvalue weighted by Gasteiger charge is -2.21. The number of benzene rings is 1. The molecule has 1 aromatic rings. The van der Waals surface area contributed by atoms with Crippen LogP contribution in [0, 0.1) is 22.7 Å². The molecule has 0 saturated carbocycles. The van der Waals surface area contributed by atoms with Gasteiger partial charge in [-0.1, -0.05) is 31.2 Å². The van der Waals surface area contributed by atoms with Crippen LogP contribution in [0.4, 0.5) is 0 Å². The Morgan fingerprint density at radius 3 is 2.42 bits per heavy atom. The van der Waals surface area contributed by atoms with Crippen LogP contribution in [0.15, 0.2) is 47.6 Å². The predicted octanol–water partition coefficient (Wildman–Crippen LogP) is 2.46. The highest BCUT2D eigenvalue weighted by Gasteiger charge is 2.28. The van der Waals surface area contributed by atoms with Gasteiger partial charge in [0.05, 0.1) is 17.6 Å². The van der Waals surface area contributed by atoms with E-state index >= 15 is 0 Å². The van der Waals surface area contributed by atoms with Gasteiger partial charge in [-0.25, -0.2) is 0 Å². The Hall–Kier alpha value is -2.72. The quantitative estimate of drug-likeness (QED) is 0.875. The van der Waals surface area contributed by atoms with Crippen molar-refractivity contribution in [1.29, 1.82) is 10.5 Å². The van der Waals surface area contributed by atoms with Gasteiger partial charge in [-0.05, 0) is 17.5 Å². The molecule has 0 fully saturated rings. The van der Waals surface area contributed by atoms with E-state index in [0.29, 0.717) is 5.57 Å². The highest BCUT2D eigenvalue weighted by molar-refractivity contribution is 5.51. The summed E-state index contributed by atoms with van der Waals surface area (Å²) in [5.74, 6) is -0.374. The first-order valence-electron chi connectivity index (χ1n) is 5.96. The van der Waals surface area contributed by atoms with E-state index in [4.69, 9.17) is 15.7 Å². The van der Waals surface area contributed by atoms with Gasteiger partial charge >= 0.3 is 0 Å². The molecule has 0 saturated heterocycles. The minimum atomic E-state index is -0.436. The zero-order valence-electron chi connectivity index (χ0n) is 10.6. The maximum Gasteiger partial charge on any atom is 0.204 e. The van der Waals surface area contributed by atoms with Gasteiger partial charge in [-0.15, -0.1) is 0 Å². The van der Waals surface area contributed by atoms with Crippen LogP contribution in [0.2, 0.25) is 0 Å². The molecule has 4 nitrogen and oxygen atoms in total. The highest BCUT2D eigenvalue weighted by atomic mass is 16.5. The number of hydrogen-bond donors (Lipinski definition) is 1. The van der Waals surface area contributed by atoms with Crippen LogP contribution in [-0.2, 0) is 11.2 Å². The Morgan fingerprint density at radius 1 is 1.21 bits per heavy atom. The molecule has 1 aliphatic heterocycles. The summed E-state index contributed by atoms with van der Waals surface area (Å²) in [6.07, 6.45) is 2.26. The van der Waals surface area contributed by atoms with Crippen molar-refractivity contribution < 1.29 is 4.74 Å². The van der Waals surface area contributed by atoms with E-state index in [0.717, 1.165) is 12.0 Å². The lowest BCUT2D eigenvalue weighted by atomic mass is 9.85. The lowest BCUT2D eigenvalue weighted by Crippen LogP contribution is -2.16. The summed E-state index contributed by atoms with van der Waals surface area (Å²) in [5.41, 5.74) is 8.41. The number of hydrogen-bond acceptors (Lipinski definition) is 4. The van der Waals surface area contributed by atoms with Gasteiger partial charge in [0.2, 0.25) is 5.88 Å². The molecule has 0 aromatic heterocycles. The van der Waals surface area contributed by atoms with Crippen molar-refractivity contribution >= 4 is 0 Å². The fraction of sp³-hybridized carbons (Fsp3) is 0.200. The van der Waals surface area contributed by atoms with Crippen molar-refractivity contribution in [2.24, 2.45) is 5.73 Å². The third kappa shape index (κ3) is 2.29. The van der Waals surface area contributed by atoms with Crippen molar-refractivity contribution in [2.45, 2.75) is 19.3 Å². The van der Waals surface area contributed by atoms with Gasteiger partial charge < -0.3 is 10.5 Å². The molecule has 0 bridgehead atoms. The SMILES string of the molecule is CCc1ccc(C2C(C#N)=COC(N)=C2C#N)cc1. The van der Waals surface area contributed by atoms with Crippen LogP contribution in [-0.4, -0.2) is 0 Å². The summed E-state index contributed by atoms with van der Waals surface area (Å²) in [6.45, 7) is 2.07. The molecule has 1 unspecified atom stereocenters. The lowest BCUT2D eigenvalue weighted by molar-refractivity contribution is 0.326. The van der Waals surface area contributed by atoms with Crippen LogP contribution in [0.3, 0.4) is 0 Å². The number of nitrogens with two attached hydrogens (primary N) is 1. The molecule has 94 valence electrons. The van der Waals surface area contributed by atoms with Crippen molar-refractivity contribution in [3.8, 4) is 12.1 Å². The van der Waals surface area contributed by atoms with Crippen molar-refractivity contribution in [1.82, 2.24) is 0 Å². The Labute approximate surface area is 112 Å². The number of ether oxygens (including phenoxy) is 1. The average molecular weight is 251 g/mol. The largest absolute Gasteiger partial charge is 0.447 e. The monoisotopic (exact) mass is 251 g/mol. The van der Waals surface area contributed by atoms with Gasteiger partial charge in [-0.3, -0.25) is 0 Å². The molecular formula is C15H13N3O. The topological polar surface area (TPSA) is 82.8 Å². The summed E-state index contributed by atoms with van der Waals surface area (Å²) in [6, 6.07) is 11.9. The maximum atomic E-state index is 9.20.